The third kappa shape index (κ3) is 4.05. The van der Waals surface area contributed by atoms with Crippen molar-refractivity contribution in [3.63, 3.8) is 0 Å². The molecular weight excluding hydrogens is 325 g/mol. The number of carbonyl (C=O) groups is 2. The molecule has 1 aromatic carbocycles. The average Bonchev–Trinajstić information content (AvgIpc) is 3.02. The van der Waals surface area contributed by atoms with Gasteiger partial charge in [-0.3, -0.25) is 9.59 Å². The largest absolute Gasteiger partial charge is 0.471 e. The summed E-state index contributed by atoms with van der Waals surface area (Å²) in [5.41, 5.74) is 0.583. The maximum atomic E-state index is 12.6. The van der Waals surface area contributed by atoms with Crippen LogP contribution in [0.2, 0.25) is 0 Å². The van der Waals surface area contributed by atoms with E-state index in [0.29, 0.717) is 16.9 Å². The number of likely N-dealkylation sites (tertiary alicyclic amines) is 1. The van der Waals surface area contributed by atoms with E-state index in [1.807, 2.05) is 0 Å². The van der Waals surface area contributed by atoms with E-state index in [4.69, 9.17) is 0 Å². The van der Waals surface area contributed by atoms with Crippen LogP contribution in [0.15, 0.2) is 30.3 Å². The molecule has 1 aliphatic heterocycles. The van der Waals surface area contributed by atoms with Gasteiger partial charge in [-0.25, -0.2) is 0 Å². The number of aliphatic hydroxyl groups is 1. The molecule has 8 heteroatoms. The second kappa shape index (κ2) is 7.21. The van der Waals surface area contributed by atoms with Crippen molar-refractivity contribution in [3.05, 3.63) is 35.9 Å². The summed E-state index contributed by atoms with van der Waals surface area (Å²) in [7, 11) is 0. The summed E-state index contributed by atoms with van der Waals surface area (Å²) < 4.78 is 37.8. The third-order valence-electron chi connectivity index (χ3n) is 4.04. The molecule has 5 nitrogen and oxygen atoms in total. The van der Waals surface area contributed by atoms with E-state index in [0.717, 1.165) is 0 Å². The zero-order valence-electron chi connectivity index (χ0n) is 13.1. The van der Waals surface area contributed by atoms with E-state index in [2.05, 4.69) is 5.32 Å². The molecule has 0 saturated carbocycles. The van der Waals surface area contributed by atoms with E-state index in [9.17, 15) is 27.9 Å². The number of alkyl halides is 3. The number of amides is 2. The van der Waals surface area contributed by atoms with E-state index < -0.39 is 36.2 Å². The van der Waals surface area contributed by atoms with E-state index in [-0.39, 0.29) is 13.0 Å². The first kappa shape index (κ1) is 18.3. The molecule has 0 aliphatic carbocycles. The number of carbonyl (C=O) groups excluding carboxylic acids is 2. The summed E-state index contributed by atoms with van der Waals surface area (Å²) in [5.74, 6) is -2.69. The van der Waals surface area contributed by atoms with Crippen LogP contribution in [0.4, 0.5) is 13.2 Å². The van der Waals surface area contributed by atoms with Gasteiger partial charge in [0.15, 0.2) is 0 Å². The Hall–Kier alpha value is -2.09. The van der Waals surface area contributed by atoms with Crippen molar-refractivity contribution in [2.75, 3.05) is 6.54 Å². The number of benzene rings is 1. The first-order chi connectivity index (χ1) is 11.2. The van der Waals surface area contributed by atoms with Crippen molar-refractivity contribution >= 4 is 11.8 Å². The summed E-state index contributed by atoms with van der Waals surface area (Å²) in [5, 5.41) is 12.7. The lowest BCUT2D eigenvalue weighted by Crippen LogP contribution is -2.52. The lowest BCUT2D eigenvalue weighted by Gasteiger charge is -2.27. The maximum absolute atomic E-state index is 12.6. The Bertz CT molecular complexity index is 592. The molecule has 1 saturated heterocycles. The smallest absolute Gasteiger partial charge is 0.386 e. The summed E-state index contributed by atoms with van der Waals surface area (Å²) in [4.78, 5) is 24.2. The average molecular weight is 344 g/mol. The molecule has 2 N–H and O–H groups in total. The molecule has 2 rings (SSSR count). The highest BCUT2D eigenvalue weighted by Crippen LogP contribution is 2.26. The van der Waals surface area contributed by atoms with Crippen LogP contribution in [0, 0.1) is 0 Å². The van der Waals surface area contributed by atoms with Crippen molar-refractivity contribution in [1.82, 2.24) is 10.2 Å². The summed E-state index contributed by atoms with van der Waals surface area (Å²) >= 11 is 0. The summed E-state index contributed by atoms with van der Waals surface area (Å²) in [6, 6.07) is 6.73. The van der Waals surface area contributed by atoms with Crippen molar-refractivity contribution in [3.8, 4) is 0 Å². The Labute approximate surface area is 137 Å². The number of nitrogens with one attached hydrogen (secondary N) is 1. The molecular formula is C16H19F3N2O3. The Morgan fingerprint density at radius 2 is 1.92 bits per heavy atom. The van der Waals surface area contributed by atoms with Gasteiger partial charge in [-0.15, -0.1) is 0 Å². The molecule has 0 spiro atoms. The lowest BCUT2D eigenvalue weighted by atomic mass is 10.0. The van der Waals surface area contributed by atoms with Gasteiger partial charge in [-0.2, -0.15) is 13.2 Å². The van der Waals surface area contributed by atoms with Crippen LogP contribution < -0.4 is 5.32 Å². The molecule has 1 fully saturated rings. The van der Waals surface area contributed by atoms with Gasteiger partial charge in [-0.05, 0) is 25.3 Å². The van der Waals surface area contributed by atoms with E-state index in [1.165, 1.54) is 0 Å². The molecule has 1 aromatic rings. The molecule has 0 bridgehead atoms. The van der Waals surface area contributed by atoms with E-state index >= 15 is 0 Å². The fraction of sp³-hybridized carbons (Fsp3) is 0.500. The fourth-order valence-corrected chi connectivity index (χ4v) is 2.78. The minimum Gasteiger partial charge on any atom is -0.386 e. The lowest BCUT2D eigenvalue weighted by molar-refractivity contribution is -0.186. The highest BCUT2D eigenvalue weighted by atomic mass is 19.4. The molecule has 0 radical (unpaired) electrons. The highest BCUT2D eigenvalue weighted by molar-refractivity contribution is 5.90. The number of rotatable bonds is 4. The minimum absolute atomic E-state index is 0.105. The van der Waals surface area contributed by atoms with Crippen LogP contribution in [0.25, 0.3) is 0 Å². The molecule has 24 heavy (non-hydrogen) atoms. The first-order valence-electron chi connectivity index (χ1n) is 7.63. The van der Waals surface area contributed by atoms with Gasteiger partial charge >= 0.3 is 12.1 Å². The fourth-order valence-electron chi connectivity index (χ4n) is 2.78. The second-order valence-electron chi connectivity index (χ2n) is 5.81. The third-order valence-corrected chi connectivity index (χ3v) is 4.04. The predicted molar refractivity (Wildman–Crippen MR) is 79.8 cm³/mol. The molecule has 3 atom stereocenters. The van der Waals surface area contributed by atoms with Crippen molar-refractivity contribution in [2.45, 2.75) is 44.1 Å². The topological polar surface area (TPSA) is 69.6 Å². The zero-order chi connectivity index (χ0) is 17.9. The Balaban J connectivity index is 2.02. The first-order valence-corrected chi connectivity index (χ1v) is 7.63. The number of aliphatic hydroxyl groups excluding tert-OH is 1. The van der Waals surface area contributed by atoms with Crippen LogP contribution in [-0.2, 0) is 9.59 Å². The van der Waals surface area contributed by atoms with Crippen LogP contribution in [0.5, 0.6) is 0 Å². The van der Waals surface area contributed by atoms with Crippen LogP contribution in [-0.4, -0.2) is 46.6 Å². The molecule has 1 aliphatic rings. The zero-order valence-corrected chi connectivity index (χ0v) is 13.1. The van der Waals surface area contributed by atoms with E-state index in [1.54, 1.807) is 37.3 Å². The molecule has 132 valence electrons. The van der Waals surface area contributed by atoms with Gasteiger partial charge in [-0.1, -0.05) is 30.3 Å². The van der Waals surface area contributed by atoms with Crippen LogP contribution in [0.1, 0.15) is 31.4 Å². The van der Waals surface area contributed by atoms with Gasteiger partial charge in [0.25, 0.3) is 0 Å². The minimum atomic E-state index is -5.00. The Morgan fingerprint density at radius 3 is 2.50 bits per heavy atom. The molecule has 2 amide bonds. The van der Waals surface area contributed by atoms with Crippen LogP contribution >= 0.6 is 0 Å². The van der Waals surface area contributed by atoms with Crippen molar-refractivity contribution in [1.29, 1.82) is 0 Å². The Morgan fingerprint density at radius 1 is 1.29 bits per heavy atom. The maximum Gasteiger partial charge on any atom is 0.471 e. The summed E-state index contributed by atoms with van der Waals surface area (Å²) in [6.07, 6.45) is -5.50. The van der Waals surface area contributed by atoms with Gasteiger partial charge in [0.2, 0.25) is 5.91 Å². The van der Waals surface area contributed by atoms with Crippen molar-refractivity contribution in [2.24, 2.45) is 0 Å². The second-order valence-corrected chi connectivity index (χ2v) is 5.81. The number of halogens is 3. The molecule has 3 unspecified atom stereocenters. The van der Waals surface area contributed by atoms with Gasteiger partial charge in [0.1, 0.15) is 6.04 Å². The number of nitrogens with zero attached hydrogens (tertiary/aromatic N) is 1. The number of hydrogen-bond acceptors (Lipinski definition) is 3. The monoisotopic (exact) mass is 344 g/mol. The van der Waals surface area contributed by atoms with Gasteiger partial charge < -0.3 is 15.3 Å². The van der Waals surface area contributed by atoms with Gasteiger partial charge in [0, 0.05) is 6.54 Å². The van der Waals surface area contributed by atoms with Gasteiger partial charge in [0.05, 0.1) is 12.1 Å². The summed E-state index contributed by atoms with van der Waals surface area (Å²) in [6.45, 7) is 1.45. The predicted octanol–water partition coefficient (Wildman–Crippen LogP) is 1.78. The standard InChI is InChI=1S/C16H19F3N2O3/c1-10(13(22)11-6-3-2-4-7-11)20-14(23)12-8-5-9-21(12)15(24)16(17,18)19/h2-4,6-7,10,12-13,22H,5,8-9H2,1H3,(H,20,23). The molecule has 1 heterocycles. The number of hydrogen-bond donors (Lipinski definition) is 2. The SMILES string of the molecule is CC(NC(=O)C1CCCN1C(=O)C(F)(F)F)C(O)c1ccccc1. The molecule has 0 aromatic heterocycles. The normalized spacial score (nSPS) is 20.5. The quantitative estimate of drug-likeness (QED) is 0.875. The Kier molecular flexibility index (Phi) is 5.48. The van der Waals surface area contributed by atoms with Crippen LogP contribution in [0.3, 0.4) is 0 Å². The van der Waals surface area contributed by atoms with Crippen molar-refractivity contribution < 1.29 is 27.9 Å². The highest BCUT2D eigenvalue weighted by Gasteiger charge is 2.47.